The lowest BCUT2D eigenvalue weighted by Crippen LogP contribution is -2.35. The van der Waals surface area contributed by atoms with Gasteiger partial charge in [-0.1, -0.05) is 11.6 Å². The van der Waals surface area contributed by atoms with Crippen LogP contribution in [0.1, 0.15) is 39.3 Å². The van der Waals surface area contributed by atoms with E-state index >= 15 is 0 Å². The van der Waals surface area contributed by atoms with Gasteiger partial charge in [-0.15, -0.1) is 0 Å². The zero-order chi connectivity index (χ0) is 18.1. The molecule has 1 heterocycles. The maximum atomic E-state index is 12.4. The number of aromatic nitrogens is 1. The van der Waals surface area contributed by atoms with Gasteiger partial charge in [0.05, 0.1) is 40.5 Å². The minimum Gasteiger partial charge on any atom is -0.495 e. The molecule has 1 aromatic carbocycles. The first-order valence-corrected chi connectivity index (χ1v) is 9.10. The molecular formula is C17H23ClN2O3S. The number of fused-ring (bicyclic) bond motifs is 1. The van der Waals surface area contributed by atoms with Gasteiger partial charge in [-0.2, -0.15) is 0 Å². The van der Waals surface area contributed by atoms with Crippen molar-refractivity contribution in [2.45, 2.75) is 38.5 Å². The van der Waals surface area contributed by atoms with Crippen molar-refractivity contribution in [2.75, 3.05) is 14.2 Å². The molecule has 132 valence electrons. The summed E-state index contributed by atoms with van der Waals surface area (Å²) in [6.07, 6.45) is 0. The summed E-state index contributed by atoms with van der Waals surface area (Å²) in [4.78, 5) is 4.53. The molecule has 0 spiro atoms. The van der Waals surface area contributed by atoms with E-state index in [1.165, 1.54) is 0 Å². The number of benzene rings is 1. The molecule has 0 saturated carbocycles. The molecule has 0 aliphatic heterocycles. The number of hydrogen-bond donors (Lipinski definition) is 1. The molecule has 0 fully saturated rings. The molecule has 0 amide bonds. The Morgan fingerprint density at radius 1 is 1.21 bits per heavy atom. The quantitative estimate of drug-likeness (QED) is 0.863. The molecule has 0 aliphatic rings. The monoisotopic (exact) mass is 370 g/mol. The van der Waals surface area contributed by atoms with Crippen molar-refractivity contribution >= 4 is 33.5 Å². The summed E-state index contributed by atoms with van der Waals surface area (Å²) in [5, 5.41) is 1.38. The first kappa shape index (κ1) is 19.0. The number of methoxy groups -OCH3 is 2. The van der Waals surface area contributed by atoms with E-state index in [2.05, 4.69) is 9.71 Å². The molecule has 7 heteroatoms. The Hall–Kier alpha value is -1.37. The zero-order valence-electron chi connectivity index (χ0n) is 14.8. The highest BCUT2D eigenvalue weighted by Crippen LogP contribution is 2.33. The first-order valence-electron chi connectivity index (χ1n) is 7.57. The lowest BCUT2D eigenvalue weighted by Gasteiger charge is -2.23. The molecule has 0 saturated heterocycles. The van der Waals surface area contributed by atoms with E-state index in [9.17, 15) is 4.21 Å². The van der Waals surface area contributed by atoms with Crippen LogP contribution >= 0.6 is 11.6 Å². The maximum Gasteiger partial charge on any atom is 0.218 e. The Morgan fingerprint density at radius 2 is 1.88 bits per heavy atom. The van der Waals surface area contributed by atoms with Crippen LogP contribution in [0.15, 0.2) is 18.2 Å². The smallest absolute Gasteiger partial charge is 0.218 e. The highest BCUT2D eigenvalue weighted by atomic mass is 35.5. The van der Waals surface area contributed by atoms with Crippen molar-refractivity contribution in [3.8, 4) is 11.6 Å². The van der Waals surface area contributed by atoms with Crippen molar-refractivity contribution < 1.29 is 13.7 Å². The van der Waals surface area contributed by atoms with Crippen LogP contribution in [0, 0.1) is 0 Å². The van der Waals surface area contributed by atoms with E-state index in [-0.39, 0.29) is 10.8 Å². The first-order chi connectivity index (χ1) is 11.2. The van der Waals surface area contributed by atoms with E-state index < -0.39 is 11.0 Å². The Kier molecular flexibility index (Phi) is 5.73. The average Bonchev–Trinajstić information content (AvgIpc) is 2.51. The Balaban J connectivity index is 2.47. The van der Waals surface area contributed by atoms with E-state index in [1.807, 2.05) is 33.8 Å². The number of nitrogens with zero attached hydrogens (tertiary/aromatic N) is 1. The molecule has 5 nitrogen and oxygen atoms in total. The van der Waals surface area contributed by atoms with E-state index in [4.69, 9.17) is 21.1 Å². The molecule has 2 rings (SSSR count). The van der Waals surface area contributed by atoms with Crippen molar-refractivity contribution in [1.82, 2.24) is 9.71 Å². The van der Waals surface area contributed by atoms with Crippen LogP contribution in [0.2, 0.25) is 5.02 Å². The number of ether oxygens (including phenoxy) is 2. The molecule has 0 radical (unpaired) electrons. The van der Waals surface area contributed by atoms with Gasteiger partial charge in [-0.3, -0.25) is 0 Å². The van der Waals surface area contributed by atoms with Gasteiger partial charge in [-0.05, 0) is 39.8 Å². The topological polar surface area (TPSA) is 60.5 Å². The third-order valence-corrected chi connectivity index (χ3v) is 5.56. The van der Waals surface area contributed by atoms with Crippen molar-refractivity contribution in [3.05, 3.63) is 28.8 Å². The summed E-state index contributed by atoms with van der Waals surface area (Å²) in [6.45, 7) is 7.69. The Labute approximate surface area is 150 Å². The normalized spacial score (nSPS) is 14.5. The minimum atomic E-state index is -1.20. The summed E-state index contributed by atoms with van der Waals surface area (Å²) in [7, 11) is 1.93. The molecular weight excluding hydrogens is 348 g/mol. The summed E-state index contributed by atoms with van der Waals surface area (Å²) < 4.78 is 25.7. The van der Waals surface area contributed by atoms with Crippen molar-refractivity contribution in [3.63, 3.8) is 0 Å². The van der Waals surface area contributed by atoms with Crippen LogP contribution in [-0.4, -0.2) is 28.2 Å². The maximum absolute atomic E-state index is 12.4. The fraction of sp³-hybridized carbons (Fsp3) is 0.471. The van der Waals surface area contributed by atoms with Crippen molar-refractivity contribution in [2.24, 2.45) is 0 Å². The lowest BCUT2D eigenvalue weighted by atomic mass is 10.1. The summed E-state index contributed by atoms with van der Waals surface area (Å²) in [6, 6.07) is 5.33. The van der Waals surface area contributed by atoms with Crippen LogP contribution < -0.4 is 14.2 Å². The number of hydrogen-bond acceptors (Lipinski definition) is 4. The second-order valence-corrected chi connectivity index (χ2v) is 8.89. The van der Waals surface area contributed by atoms with Gasteiger partial charge in [-0.25, -0.2) is 13.9 Å². The molecule has 2 aromatic rings. The second-order valence-electron chi connectivity index (χ2n) is 6.49. The molecule has 1 aromatic heterocycles. The van der Waals surface area contributed by atoms with E-state index in [1.54, 1.807) is 26.4 Å². The number of halogens is 1. The molecule has 0 bridgehead atoms. The van der Waals surface area contributed by atoms with Gasteiger partial charge in [0, 0.05) is 23.1 Å². The number of rotatable bonds is 5. The summed E-state index contributed by atoms with van der Waals surface area (Å²) in [5.74, 6) is 1.05. The summed E-state index contributed by atoms with van der Waals surface area (Å²) in [5.41, 5.74) is 1.55. The van der Waals surface area contributed by atoms with Gasteiger partial charge < -0.3 is 9.47 Å². The standard InChI is InChI=1S/C17H23ClN2O3S/c1-10(20-24(21)17(2,3)4)12-7-11-8-13(18)15(22-5)9-14(11)19-16(12)23-6/h7-10,20H,1-6H3. The van der Waals surface area contributed by atoms with E-state index in [0.29, 0.717) is 16.7 Å². The van der Waals surface area contributed by atoms with Crippen LogP contribution in [0.5, 0.6) is 11.6 Å². The predicted octanol–water partition coefficient (Wildman–Crippen LogP) is 4.02. The largest absolute Gasteiger partial charge is 0.495 e. The molecule has 2 atom stereocenters. The van der Waals surface area contributed by atoms with Crippen LogP contribution in [0.4, 0.5) is 0 Å². The fourth-order valence-electron chi connectivity index (χ4n) is 2.20. The zero-order valence-corrected chi connectivity index (χ0v) is 16.3. The lowest BCUT2D eigenvalue weighted by molar-refractivity contribution is 0.390. The van der Waals surface area contributed by atoms with Gasteiger partial charge in [0.15, 0.2) is 0 Å². The molecule has 1 N–H and O–H groups in total. The highest BCUT2D eigenvalue weighted by molar-refractivity contribution is 7.84. The van der Waals surface area contributed by atoms with Crippen LogP contribution in [0.3, 0.4) is 0 Å². The number of pyridine rings is 1. The minimum absolute atomic E-state index is 0.196. The predicted molar refractivity (Wildman–Crippen MR) is 99.3 cm³/mol. The van der Waals surface area contributed by atoms with Gasteiger partial charge in [0.1, 0.15) is 5.75 Å². The van der Waals surface area contributed by atoms with Crippen LogP contribution in [-0.2, 0) is 11.0 Å². The highest BCUT2D eigenvalue weighted by Gasteiger charge is 2.24. The number of nitrogens with one attached hydrogen (secondary N) is 1. The average molecular weight is 371 g/mol. The van der Waals surface area contributed by atoms with Crippen molar-refractivity contribution in [1.29, 1.82) is 0 Å². The molecule has 24 heavy (non-hydrogen) atoms. The SMILES string of the molecule is COc1cc2nc(OC)c(C(C)NS(=O)C(C)(C)C)cc2cc1Cl. The second kappa shape index (κ2) is 7.25. The molecule has 0 aliphatic carbocycles. The van der Waals surface area contributed by atoms with E-state index in [0.717, 1.165) is 16.5 Å². The Bertz CT molecular complexity index is 775. The Morgan fingerprint density at radius 3 is 2.42 bits per heavy atom. The third kappa shape index (κ3) is 3.99. The van der Waals surface area contributed by atoms with Gasteiger partial charge in [0.25, 0.3) is 0 Å². The fourth-order valence-corrected chi connectivity index (χ4v) is 3.26. The van der Waals surface area contributed by atoms with Crippen LogP contribution in [0.25, 0.3) is 10.9 Å². The third-order valence-electron chi connectivity index (χ3n) is 3.58. The molecule has 2 unspecified atom stereocenters. The van der Waals surface area contributed by atoms with Gasteiger partial charge >= 0.3 is 0 Å². The summed E-state index contributed by atoms with van der Waals surface area (Å²) >= 11 is 6.20. The van der Waals surface area contributed by atoms with Gasteiger partial charge in [0.2, 0.25) is 5.88 Å².